The minimum absolute atomic E-state index is 0.125. The van der Waals surface area contributed by atoms with Crippen molar-refractivity contribution in [1.82, 2.24) is 4.57 Å². The lowest BCUT2D eigenvalue weighted by Gasteiger charge is -2.20. The second-order valence-corrected chi connectivity index (χ2v) is 9.70. The van der Waals surface area contributed by atoms with Crippen LogP contribution in [0.5, 0.6) is 17.2 Å². The van der Waals surface area contributed by atoms with E-state index in [1.54, 1.807) is 0 Å². The third kappa shape index (κ3) is 7.78. The Labute approximate surface area is 216 Å². The van der Waals surface area contributed by atoms with E-state index in [-0.39, 0.29) is 11.7 Å². The summed E-state index contributed by atoms with van der Waals surface area (Å²) >= 11 is 0. The first-order valence-corrected chi connectivity index (χ1v) is 13.7. The molecule has 0 aliphatic rings. The van der Waals surface area contributed by atoms with Gasteiger partial charge in [-0.2, -0.15) is 0 Å². The molecule has 0 saturated carbocycles. The Hall–Kier alpha value is -2.95. The first-order chi connectivity index (χ1) is 17.5. The van der Waals surface area contributed by atoms with Crippen molar-refractivity contribution in [2.24, 2.45) is 0 Å². The van der Waals surface area contributed by atoms with Crippen molar-refractivity contribution in [3.63, 3.8) is 0 Å². The van der Waals surface area contributed by atoms with E-state index in [1.165, 1.54) is 25.7 Å². The largest absolute Gasteiger partial charge is 0.489 e. The first kappa shape index (κ1) is 27.6. The number of fused-ring (bicyclic) bond motifs is 1. The monoisotopic (exact) mass is 493 g/mol. The van der Waals surface area contributed by atoms with Crippen LogP contribution in [0.15, 0.2) is 53.3 Å². The van der Waals surface area contributed by atoms with Crippen LogP contribution in [-0.4, -0.2) is 17.3 Å². The van der Waals surface area contributed by atoms with Crippen molar-refractivity contribution >= 4 is 10.9 Å². The summed E-state index contributed by atoms with van der Waals surface area (Å²) in [4.78, 5) is 13.7. The topological polar surface area (TPSA) is 49.7 Å². The molecule has 0 spiro atoms. The summed E-state index contributed by atoms with van der Waals surface area (Å²) in [5, 5.41) is 0.888. The summed E-state index contributed by atoms with van der Waals surface area (Å²) in [6.07, 6.45) is 8.80. The maximum Gasteiger partial charge on any atom is 0.297 e. The molecule has 3 aromatic rings. The van der Waals surface area contributed by atoms with Gasteiger partial charge >= 0.3 is 0 Å². The molecule has 3 rings (SSSR count). The first-order valence-electron chi connectivity index (χ1n) is 13.7. The molecular formula is C31H43NO4. The molecule has 1 heterocycles. The van der Waals surface area contributed by atoms with Crippen LogP contribution >= 0.6 is 0 Å². The number of benzene rings is 2. The third-order valence-electron chi connectivity index (χ3n) is 6.23. The smallest absolute Gasteiger partial charge is 0.297 e. The minimum atomic E-state index is -0.128. The van der Waals surface area contributed by atoms with Gasteiger partial charge in [-0.15, -0.1) is 0 Å². The van der Waals surface area contributed by atoms with Crippen molar-refractivity contribution in [3.05, 3.63) is 64.4 Å². The molecule has 2 aromatic carbocycles. The second-order valence-electron chi connectivity index (χ2n) is 9.70. The van der Waals surface area contributed by atoms with Crippen LogP contribution in [0, 0.1) is 0 Å². The maximum atomic E-state index is 13.7. The summed E-state index contributed by atoms with van der Waals surface area (Å²) in [7, 11) is 0. The number of nitrogens with zero attached hydrogens (tertiary/aromatic N) is 1. The molecule has 196 valence electrons. The molecule has 0 aliphatic heterocycles. The van der Waals surface area contributed by atoms with E-state index in [1.807, 2.05) is 66.9 Å². The second kappa shape index (κ2) is 14.6. The Balaban J connectivity index is 1.98. The van der Waals surface area contributed by atoms with Crippen molar-refractivity contribution in [2.75, 3.05) is 6.61 Å². The van der Waals surface area contributed by atoms with E-state index in [2.05, 4.69) is 13.8 Å². The number of unbranched alkanes of at least 4 members (excludes halogenated alkanes) is 6. The lowest BCUT2D eigenvalue weighted by molar-refractivity contribution is 0.216. The molecule has 0 aliphatic carbocycles. The standard InChI is InChI=1S/C31H43NO4/c1-5-7-9-10-11-15-20-32-28-22-26(35-23-25-16-13-12-14-17-25)18-19-27(28)29(34-21-8-6-2)30(31(32)33)36-24(3)4/h12-14,16-19,22,24H,5-11,15,20-21,23H2,1-4H3. The number of hydrogen-bond acceptors (Lipinski definition) is 4. The van der Waals surface area contributed by atoms with Gasteiger partial charge in [0.15, 0.2) is 5.75 Å². The highest BCUT2D eigenvalue weighted by Gasteiger charge is 2.21. The highest BCUT2D eigenvalue weighted by atomic mass is 16.5. The zero-order valence-corrected chi connectivity index (χ0v) is 22.6. The molecule has 0 unspecified atom stereocenters. The van der Waals surface area contributed by atoms with Crippen LogP contribution in [-0.2, 0) is 13.2 Å². The highest BCUT2D eigenvalue weighted by Crippen LogP contribution is 2.36. The van der Waals surface area contributed by atoms with Gasteiger partial charge in [0.05, 0.1) is 18.2 Å². The highest BCUT2D eigenvalue weighted by molar-refractivity contribution is 5.89. The van der Waals surface area contributed by atoms with Crippen molar-refractivity contribution in [2.45, 2.75) is 98.3 Å². The quantitative estimate of drug-likeness (QED) is 0.190. The average molecular weight is 494 g/mol. The summed E-state index contributed by atoms with van der Waals surface area (Å²) < 4.78 is 20.2. The van der Waals surface area contributed by atoms with Crippen LogP contribution in [0.4, 0.5) is 0 Å². The molecule has 0 fully saturated rings. The van der Waals surface area contributed by atoms with E-state index >= 15 is 0 Å². The Morgan fingerprint density at radius 1 is 0.806 bits per heavy atom. The Morgan fingerprint density at radius 3 is 2.25 bits per heavy atom. The Bertz CT molecular complexity index is 1120. The minimum Gasteiger partial charge on any atom is -0.489 e. The molecule has 0 saturated heterocycles. The molecule has 0 atom stereocenters. The van der Waals surface area contributed by atoms with Crippen LogP contribution in [0.25, 0.3) is 10.9 Å². The number of rotatable bonds is 16. The maximum absolute atomic E-state index is 13.7. The Morgan fingerprint density at radius 2 is 1.53 bits per heavy atom. The zero-order valence-electron chi connectivity index (χ0n) is 22.6. The van der Waals surface area contributed by atoms with Gasteiger partial charge in [-0.05, 0) is 44.4 Å². The van der Waals surface area contributed by atoms with Crippen LogP contribution in [0.2, 0.25) is 0 Å². The SMILES string of the molecule is CCCCCCCCn1c(=O)c(OC(C)C)c(OCCCC)c2ccc(OCc3ccccc3)cc21. The van der Waals surface area contributed by atoms with Gasteiger partial charge in [-0.25, -0.2) is 0 Å². The molecule has 5 nitrogen and oxygen atoms in total. The van der Waals surface area contributed by atoms with Gasteiger partial charge in [0.2, 0.25) is 5.75 Å². The average Bonchev–Trinajstić information content (AvgIpc) is 2.88. The third-order valence-corrected chi connectivity index (χ3v) is 6.23. The summed E-state index contributed by atoms with van der Waals surface area (Å²) in [5.74, 6) is 1.60. The van der Waals surface area contributed by atoms with Crippen molar-refractivity contribution in [3.8, 4) is 17.2 Å². The van der Waals surface area contributed by atoms with E-state index in [0.717, 1.165) is 47.9 Å². The van der Waals surface area contributed by atoms with Gasteiger partial charge in [-0.3, -0.25) is 4.79 Å². The molecule has 0 amide bonds. The predicted octanol–water partition coefficient (Wildman–Crippen LogP) is 7.91. The normalized spacial score (nSPS) is 11.2. The molecule has 0 radical (unpaired) electrons. The van der Waals surface area contributed by atoms with Gasteiger partial charge < -0.3 is 18.8 Å². The van der Waals surface area contributed by atoms with Gasteiger partial charge in [0.1, 0.15) is 12.4 Å². The van der Waals surface area contributed by atoms with Crippen molar-refractivity contribution < 1.29 is 14.2 Å². The fraction of sp³-hybridized carbons (Fsp3) is 0.516. The molecule has 36 heavy (non-hydrogen) atoms. The lowest BCUT2D eigenvalue weighted by atomic mass is 10.1. The van der Waals surface area contributed by atoms with Gasteiger partial charge in [0.25, 0.3) is 5.56 Å². The predicted molar refractivity (Wildman–Crippen MR) is 149 cm³/mol. The van der Waals surface area contributed by atoms with Crippen LogP contribution < -0.4 is 19.8 Å². The Kier molecular flexibility index (Phi) is 11.2. The van der Waals surface area contributed by atoms with Gasteiger partial charge in [-0.1, -0.05) is 82.7 Å². The van der Waals surface area contributed by atoms with E-state index in [4.69, 9.17) is 14.2 Å². The van der Waals surface area contributed by atoms with E-state index in [9.17, 15) is 4.79 Å². The number of aryl methyl sites for hydroxylation is 1. The molecular weight excluding hydrogens is 450 g/mol. The number of pyridine rings is 1. The van der Waals surface area contributed by atoms with Crippen LogP contribution in [0.3, 0.4) is 0 Å². The number of aromatic nitrogens is 1. The summed E-state index contributed by atoms with van der Waals surface area (Å²) in [6.45, 7) is 9.91. The number of ether oxygens (including phenoxy) is 3. The molecule has 1 aromatic heterocycles. The summed E-state index contributed by atoms with van der Waals surface area (Å²) in [5.41, 5.74) is 1.81. The fourth-order valence-corrected chi connectivity index (χ4v) is 4.28. The van der Waals surface area contributed by atoms with E-state index < -0.39 is 0 Å². The molecule has 0 bridgehead atoms. The van der Waals surface area contributed by atoms with Crippen molar-refractivity contribution in [1.29, 1.82) is 0 Å². The zero-order chi connectivity index (χ0) is 25.8. The number of hydrogen-bond donors (Lipinski definition) is 0. The molecule has 5 heteroatoms. The fourth-order valence-electron chi connectivity index (χ4n) is 4.28. The van der Waals surface area contributed by atoms with E-state index in [0.29, 0.717) is 31.3 Å². The lowest BCUT2D eigenvalue weighted by Crippen LogP contribution is -2.25. The van der Waals surface area contributed by atoms with Crippen LogP contribution in [0.1, 0.15) is 84.6 Å². The molecule has 0 N–H and O–H groups in total. The summed E-state index contributed by atoms with van der Waals surface area (Å²) in [6, 6.07) is 16.0. The van der Waals surface area contributed by atoms with Gasteiger partial charge in [0, 0.05) is 18.0 Å².